The first-order valence-corrected chi connectivity index (χ1v) is 8.87. The van der Waals surface area contributed by atoms with Gasteiger partial charge in [0.05, 0.1) is 17.3 Å². The molecular weight excluding hydrogens is 414 g/mol. The van der Waals surface area contributed by atoms with Crippen LogP contribution in [0.25, 0.3) is 10.1 Å². The number of halogens is 2. The molecule has 108 valence electrons. The fourth-order valence-electron chi connectivity index (χ4n) is 2.18. The summed E-state index contributed by atoms with van der Waals surface area (Å²) in [6.07, 6.45) is 0. The lowest BCUT2D eigenvalue weighted by Gasteiger charge is -2.11. The molecule has 0 aliphatic rings. The van der Waals surface area contributed by atoms with Crippen LogP contribution in [0.5, 0.6) is 5.75 Å². The summed E-state index contributed by atoms with van der Waals surface area (Å²) in [5.74, 6) is 0.816. The van der Waals surface area contributed by atoms with Crippen molar-refractivity contribution in [2.75, 3.05) is 12.4 Å². The molecular formula is C16H13Br2NOS. The first kappa shape index (κ1) is 14.9. The van der Waals surface area contributed by atoms with Crippen LogP contribution in [0.3, 0.4) is 0 Å². The Morgan fingerprint density at radius 3 is 2.76 bits per heavy atom. The maximum Gasteiger partial charge on any atom is 0.135 e. The third-order valence-corrected chi connectivity index (χ3v) is 5.56. The number of nitrogens with one attached hydrogen (secondary N) is 1. The Hall–Kier alpha value is -1.04. The maximum atomic E-state index is 5.34. The fraction of sp³-hybridized carbons (Fsp3) is 0.125. The number of hydrogen-bond donors (Lipinski definition) is 1. The number of rotatable bonds is 4. The van der Waals surface area contributed by atoms with Crippen molar-refractivity contribution in [3.63, 3.8) is 0 Å². The third-order valence-electron chi connectivity index (χ3n) is 3.27. The third kappa shape index (κ3) is 3.10. The summed E-state index contributed by atoms with van der Waals surface area (Å²) in [5, 5.41) is 6.99. The highest BCUT2D eigenvalue weighted by Gasteiger charge is 2.08. The quantitative estimate of drug-likeness (QED) is 0.548. The van der Waals surface area contributed by atoms with E-state index in [-0.39, 0.29) is 0 Å². The summed E-state index contributed by atoms with van der Waals surface area (Å²) >= 11 is 8.84. The molecule has 0 atom stereocenters. The van der Waals surface area contributed by atoms with Gasteiger partial charge >= 0.3 is 0 Å². The number of hydrogen-bond acceptors (Lipinski definition) is 3. The summed E-state index contributed by atoms with van der Waals surface area (Å²) in [5.41, 5.74) is 2.33. The number of anilines is 1. The van der Waals surface area contributed by atoms with E-state index in [1.54, 1.807) is 18.4 Å². The highest BCUT2D eigenvalue weighted by molar-refractivity contribution is 9.11. The Morgan fingerprint density at radius 2 is 1.95 bits per heavy atom. The fourth-order valence-corrected chi connectivity index (χ4v) is 4.44. The number of methoxy groups -OCH3 is 1. The van der Waals surface area contributed by atoms with Crippen molar-refractivity contribution in [2.45, 2.75) is 6.54 Å². The van der Waals surface area contributed by atoms with Crippen LogP contribution >= 0.6 is 43.2 Å². The first-order valence-electron chi connectivity index (χ1n) is 6.41. The van der Waals surface area contributed by atoms with Crippen LogP contribution in [0.1, 0.15) is 5.56 Å². The lowest BCUT2D eigenvalue weighted by molar-refractivity contribution is 0.412. The van der Waals surface area contributed by atoms with E-state index < -0.39 is 0 Å². The van der Waals surface area contributed by atoms with Gasteiger partial charge in [-0.05, 0) is 60.3 Å². The summed E-state index contributed by atoms with van der Waals surface area (Å²) in [7, 11) is 1.67. The smallest absolute Gasteiger partial charge is 0.135 e. The molecule has 0 saturated carbocycles. The molecule has 0 spiro atoms. The molecule has 1 aromatic heterocycles. The van der Waals surface area contributed by atoms with Gasteiger partial charge in [0.25, 0.3) is 0 Å². The molecule has 1 heterocycles. The minimum atomic E-state index is 0.785. The second kappa shape index (κ2) is 6.38. The lowest BCUT2D eigenvalue weighted by atomic mass is 10.2. The van der Waals surface area contributed by atoms with Crippen LogP contribution in [0.4, 0.5) is 5.69 Å². The molecule has 0 unspecified atom stereocenters. The monoisotopic (exact) mass is 425 g/mol. The number of fused-ring (bicyclic) bond motifs is 1. The Kier molecular flexibility index (Phi) is 4.52. The summed E-state index contributed by atoms with van der Waals surface area (Å²) < 4.78 is 8.61. The number of thiophene rings is 1. The molecule has 0 fully saturated rings. The average Bonchev–Trinajstić information content (AvgIpc) is 2.90. The number of benzene rings is 2. The van der Waals surface area contributed by atoms with Crippen LogP contribution in [0.15, 0.2) is 50.7 Å². The molecule has 0 amide bonds. The average molecular weight is 427 g/mol. The van der Waals surface area contributed by atoms with Gasteiger partial charge < -0.3 is 10.1 Å². The predicted molar refractivity (Wildman–Crippen MR) is 97.5 cm³/mol. The van der Waals surface area contributed by atoms with Gasteiger partial charge in [0.1, 0.15) is 5.75 Å². The normalized spacial score (nSPS) is 10.8. The topological polar surface area (TPSA) is 21.3 Å². The van der Waals surface area contributed by atoms with Crippen LogP contribution < -0.4 is 10.1 Å². The molecule has 1 N–H and O–H groups in total. The van der Waals surface area contributed by atoms with Crippen molar-refractivity contribution in [3.05, 3.63) is 56.3 Å². The van der Waals surface area contributed by atoms with Crippen LogP contribution in [0.2, 0.25) is 0 Å². The second-order valence-corrected chi connectivity index (χ2v) is 7.20. The molecule has 5 heteroatoms. The van der Waals surface area contributed by atoms with E-state index >= 15 is 0 Å². The Morgan fingerprint density at radius 1 is 1.14 bits per heavy atom. The molecule has 2 aromatic carbocycles. The molecule has 0 bridgehead atoms. The molecule has 0 aliphatic heterocycles. The van der Waals surface area contributed by atoms with Crippen molar-refractivity contribution in [1.29, 1.82) is 0 Å². The minimum Gasteiger partial charge on any atom is -0.495 e. The second-order valence-electron chi connectivity index (χ2n) is 4.58. The summed E-state index contributed by atoms with van der Waals surface area (Å²) in [6.45, 7) is 0.785. The van der Waals surface area contributed by atoms with E-state index in [0.717, 1.165) is 26.9 Å². The van der Waals surface area contributed by atoms with E-state index in [0.29, 0.717) is 0 Å². The van der Waals surface area contributed by atoms with Gasteiger partial charge in [-0.1, -0.05) is 18.2 Å². The lowest BCUT2D eigenvalue weighted by Crippen LogP contribution is -2.00. The minimum absolute atomic E-state index is 0.785. The highest BCUT2D eigenvalue weighted by atomic mass is 79.9. The van der Waals surface area contributed by atoms with Crippen molar-refractivity contribution in [1.82, 2.24) is 0 Å². The SMILES string of the molecule is COc1cc(NCc2csc3ccccc23)c(Br)cc1Br. The largest absolute Gasteiger partial charge is 0.495 e. The zero-order valence-corrected chi connectivity index (χ0v) is 15.3. The predicted octanol–water partition coefficient (Wildman–Crippen LogP) is 6.05. The maximum absolute atomic E-state index is 5.34. The first-order chi connectivity index (χ1) is 10.2. The standard InChI is InChI=1S/C16H13Br2NOS/c1-20-15-7-14(12(17)6-13(15)18)19-8-10-9-21-16-5-3-2-4-11(10)16/h2-7,9,19H,8H2,1H3. The van der Waals surface area contributed by atoms with E-state index in [1.807, 2.05) is 12.1 Å². The van der Waals surface area contributed by atoms with Gasteiger partial charge in [0, 0.05) is 21.8 Å². The van der Waals surface area contributed by atoms with E-state index in [9.17, 15) is 0 Å². The Bertz CT molecular complexity index is 785. The van der Waals surface area contributed by atoms with Gasteiger partial charge in [-0.2, -0.15) is 0 Å². The van der Waals surface area contributed by atoms with Crippen LogP contribution in [0, 0.1) is 0 Å². The Labute approximate surface area is 144 Å². The number of ether oxygens (including phenoxy) is 1. The Balaban J connectivity index is 1.85. The van der Waals surface area contributed by atoms with Crippen molar-refractivity contribution in [3.8, 4) is 5.75 Å². The molecule has 3 rings (SSSR count). The molecule has 2 nitrogen and oxygen atoms in total. The van der Waals surface area contributed by atoms with Gasteiger partial charge in [0.15, 0.2) is 0 Å². The van der Waals surface area contributed by atoms with E-state index in [1.165, 1.54) is 15.6 Å². The van der Waals surface area contributed by atoms with Gasteiger partial charge in [-0.3, -0.25) is 0 Å². The van der Waals surface area contributed by atoms with Crippen molar-refractivity contribution < 1.29 is 4.74 Å². The van der Waals surface area contributed by atoms with Gasteiger partial charge in [0.2, 0.25) is 0 Å². The molecule has 0 saturated heterocycles. The highest BCUT2D eigenvalue weighted by Crippen LogP contribution is 2.35. The van der Waals surface area contributed by atoms with Crippen LogP contribution in [-0.2, 0) is 6.54 Å². The van der Waals surface area contributed by atoms with Crippen molar-refractivity contribution >= 4 is 59.0 Å². The molecule has 0 radical (unpaired) electrons. The van der Waals surface area contributed by atoms with E-state index in [4.69, 9.17) is 4.74 Å². The molecule has 21 heavy (non-hydrogen) atoms. The van der Waals surface area contributed by atoms with Crippen LogP contribution in [-0.4, -0.2) is 7.11 Å². The summed E-state index contributed by atoms with van der Waals surface area (Å²) in [6, 6.07) is 12.5. The van der Waals surface area contributed by atoms with Gasteiger partial charge in [-0.25, -0.2) is 0 Å². The summed E-state index contributed by atoms with van der Waals surface area (Å²) in [4.78, 5) is 0. The van der Waals surface area contributed by atoms with Crippen molar-refractivity contribution in [2.24, 2.45) is 0 Å². The molecule has 3 aromatic rings. The zero-order chi connectivity index (χ0) is 14.8. The van der Waals surface area contributed by atoms with Gasteiger partial charge in [-0.15, -0.1) is 11.3 Å². The van der Waals surface area contributed by atoms with E-state index in [2.05, 4.69) is 66.8 Å². The zero-order valence-electron chi connectivity index (χ0n) is 11.3. The molecule has 0 aliphatic carbocycles.